The van der Waals surface area contributed by atoms with Crippen LogP contribution in [0.3, 0.4) is 0 Å². The molecule has 0 aromatic heterocycles. The van der Waals surface area contributed by atoms with Gasteiger partial charge in [-0.25, -0.2) is 9.59 Å². The van der Waals surface area contributed by atoms with Crippen molar-refractivity contribution < 1.29 is 29.4 Å². The third-order valence-electron chi connectivity index (χ3n) is 5.08. The summed E-state index contributed by atoms with van der Waals surface area (Å²) in [5.41, 5.74) is 2.44. The van der Waals surface area contributed by atoms with Crippen LogP contribution in [0.1, 0.15) is 42.2 Å². The summed E-state index contributed by atoms with van der Waals surface area (Å²) in [4.78, 5) is 48.4. The summed E-state index contributed by atoms with van der Waals surface area (Å²) in [6, 6.07) is 15.8. The van der Waals surface area contributed by atoms with E-state index in [-0.39, 0.29) is 22.8 Å². The van der Waals surface area contributed by atoms with Crippen LogP contribution in [0.25, 0.3) is 0 Å². The number of hydrogen-bond acceptors (Lipinski definition) is 5. The van der Waals surface area contributed by atoms with Crippen LogP contribution in [0.4, 0.5) is 11.4 Å². The number of carbonyl (C=O) groups excluding carboxylic acids is 2. The average Bonchev–Trinajstić information content (AvgIpc) is 2.80. The number of carboxylic acid groups (broad SMARTS) is 2. The maximum absolute atomic E-state index is 12.7. The number of carbonyl (C=O) groups is 4. The number of carboxylic acids is 2. The van der Waals surface area contributed by atoms with Crippen molar-refractivity contribution in [3.8, 4) is 0 Å². The third kappa shape index (κ3) is 6.02. The van der Waals surface area contributed by atoms with Crippen LogP contribution in [0.15, 0.2) is 65.6 Å². The van der Waals surface area contributed by atoms with Gasteiger partial charge in [0.1, 0.15) is 0 Å². The lowest BCUT2D eigenvalue weighted by Crippen LogP contribution is -2.17. The van der Waals surface area contributed by atoms with E-state index in [4.69, 9.17) is 5.11 Å². The van der Waals surface area contributed by atoms with Crippen LogP contribution in [-0.2, 0) is 4.79 Å². The molecule has 174 valence electrons. The fraction of sp³-hybridized carbons (Fsp3) is 0.120. The molecule has 0 saturated carbocycles. The lowest BCUT2D eigenvalue weighted by atomic mass is 10.0. The number of hydrogen-bond donors (Lipinski definition) is 4. The van der Waals surface area contributed by atoms with Crippen LogP contribution in [0.2, 0.25) is 0 Å². The Balaban J connectivity index is 1.67. The molecule has 0 heterocycles. The lowest BCUT2D eigenvalue weighted by molar-refractivity contribution is -0.113. The van der Waals surface area contributed by atoms with Gasteiger partial charge in [-0.2, -0.15) is 0 Å². The highest BCUT2D eigenvalue weighted by molar-refractivity contribution is 8.00. The number of aryl methyl sites for hydroxylation is 1. The van der Waals surface area contributed by atoms with E-state index >= 15 is 0 Å². The van der Waals surface area contributed by atoms with Gasteiger partial charge in [0, 0.05) is 16.3 Å². The second-order valence-electron chi connectivity index (χ2n) is 7.44. The van der Waals surface area contributed by atoms with Crippen LogP contribution in [-0.4, -0.2) is 39.7 Å². The number of thioether (sulfide) groups is 1. The summed E-state index contributed by atoms with van der Waals surface area (Å²) in [7, 11) is 0. The van der Waals surface area contributed by atoms with Gasteiger partial charge in [-0.1, -0.05) is 18.2 Å². The smallest absolute Gasteiger partial charge is 0.336 e. The Kier molecular flexibility index (Phi) is 7.70. The van der Waals surface area contributed by atoms with Gasteiger partial charge in [0.15, 0.2) is 0 Å². The van der Waals surface area contributed by atoms with Gasteiger partial charge in [-0.05, 0) is 67.4 Å². The zero-order chi connectivity index (χ0) is 24.8. The second-order valence-corrected chi connectivity index (χ2v) is 8.49. The first-order valence-corrected chi connectivity index (χ1v) is 11.1. The van der Waals surface area contributed by atoms with Gasteiger partial charge in [0.25, 0.3) is 5.91 Å². The predicted molar refractivity (Wildman–Crippen MR) is 130 cm³/mol. The number of nitrogens with one attached hydrogen (secondary N) is 2. The molecule has 2 amide bonds. The molecule has 0 unspecified atom stereocenters. The molecule has 3 aromatic rings. The highest BCUT2D eigenvalue weighted by Gasteiger charge is 2.19. The average molecular weight is 479 g/mol. The number of amides is 2. The molecule has 0 spiro atoms. The van der Waals surface area contributed by atoms with Crippen molar-refractivity contribution in [2.24, 2.45) is 0 Å². The molecular formula is C25H22N2O6S. The van der Waals surface area contributed by atoms with Crippen molar-refractivity contribution in [3.63, 3.8) is 0 Å². The maximum Gasteiger partial charge on any atom is 0.336 e. The van der Waals surface area contributed by atoms with E-state index in [0.717, 1.165) is 27.8 Å². The molecule has 8 nitrogen and oxygen atoms in total. The Morgan fingerprint density at radius 1 is 0.824 bits per heavy atom. The Morgan fingerprint density at radius 3 is 2.26 bits per heavy atom. The molecule has 0 aliphatic carbocycles. The Labute approximate surface area is 200 Å². The summed E-state index contributed by atoms with van der Waals surface area (Å²) in [5.74, 6) is -3.40. The first-order valence-electron chi connectivity index (χ1n) is 10.2. The number of rotatable bonds is 8. The van der Waals surface area contributed by atoms with E-state index in [9.17, 15) is 24.3 Å². The molecule has 3 aromatic carbocycles. The van der Waals surface area contributed by atoms with E-state index in [1.807, 2.05) is 32.0 Å². The summed E-state index contributed by atoms with van der Waals surface area (Å²) in [5, 5.41) is 23.9. The fourth-order valence-corrected chi connectivity index (χ4v) is 3.89. The second kappa shape index (κ2) is 10.7. The Bertz CT molecular complexity index is 1290. The van der Waals surface area contributed by atoms with Crippen molar-refractivity contribution in [2.75, 3.05) is 16.4 Å². The molecule has 0 aliphatic rings. The molecule has 9 heteroatoms. The third-order valence-corrected chi connectivity index (χ3v) is 6.08. The van der Waals surface area contributed by atoms with E-state index in [1.165, 1.54) is 23.9 Å². The number of benzene rings is 3. The maximum atomic E-state index is 12.7. The molecule has 0 bridgehead atoms. The standard InChI is InChI=1S/C25H22N2O6S/c1-14-5-3-8-21(15(14)2)27-22(28)13-34-18-7-4-6-17(12-18)26-23(29)19-10-9-16(24(30)31)11-20(19)25(32)33/h3-12H,13H2,1-2H3,(H,26,29)(H,27,28)(H,30,31)(H,32,33). The Hall–Kier alpha value is -4.11. The summed E-state index contributed by atoms with van der Waals surface area (Å²) in [6.45, 7) is 3.91. The van der Waals surface area contributed by atoms with Gasteiger partial charge < -0.3 is 20.8 Å². The van der Waals surface area contributed by atoms with Gasteiger partial charge in [-0.3, -0.25) is 9.59 Å². The van der Waals surface area contributed by atoms with Crippen molar-refractivity contribution >= 4 is 46.9 Å². The van der Waals surface area contributed by atoms with E-state index in [2.05, 4.69) is 10.6 Å². The summed E-state index contributed by atoms with van der Waals surface area (Å²) in [6.07, 6.45) is 0. The zero-order valence-electron chi connectivity index (χ0n) is 18.4. The van der Waals surface area contributed by atoms with Crippen LogP contribution in [0, 0.1) is 13.8 Å². The minimum absolute atomic E-state index is 0.157. The van der Waals surface area contributed by atoms with Gasteiger partial charge in [-0.15, -0.1) is 11.8 Å². The molecule has 3 rings (SSSR count). The van der Waals surface area contributed by atoms with Gasteiger partial charge in [0.2, 0.25) is 5.91 Å². The van der Waals surface area contributed by atoms with Crippen molar-refractivity contribution in [1.29, 1.82) is 0 Å². The van der Waals surface area contributed by atoms with Crippen molar-refractivity contribution in [1.82, 2.24) is 0 Å². The Morgan fingerprint density at radius 2 is 1.56 bits per heavy atom. The number of aromatic carboxylic acids is 2. The molecule has 0 saturated heterocycles. The van der Waals surface area contributed by atoms with E-state index in [1.54, 1.807) is 24.3 Å². The zero-order valence-corrected chi connectivity index (χ0v) is 19.2. The van der Waals surface area contributed by atoms with Gasteiger partial charge in [0.05, 0.1) is 22.4 Å². The molecule has 4 N–H and O–H groups in total. The minimum Gasteiger partial charge on any atom is -0.478 e. The van der Waals surface area contributed by atoms with Crippen molar-refractivity contribution in [3.05, 3.63) is 88.5 Å². The first kappa shape index (κ1) is 24.5. The molecule has 0 fully saturated rings. The van der Waals surface area contributed by atoms with E-state index < -0.39 is 23.4 Å². The van der Waals surface area contributed by atoms with Gasteiger partial charge >= 0.3 is 11.9 Å². The first-order chi connectivity index (χ1) is 16.2. The quantitative estimate of drug-likeness (QED) is 0.345. The summed E-state index contributed by atoms with van der Waals surface area (Å²) >= 11 is 1.29. The monoisotopic (exact) mass is 478 g/mol. The summed E-state index contributed by atoms with van der Waals surface area (Å²) < 4.78 is 0. The molecule has 0 atom stereocenters. The van der Waals surface area contributed by atoms with Crippen LogP contribution >= 0.6 is 11.8 Å². The largest absolute Gasteiger partial charge is 0.478 e. The molecule has 34 heavy (non-hydrogen) atoms. The van der Waals surface area contributed by atoms with E-state index in [0.29, 0.717) is 5.69 Å². The fourth-order valence-electron chi connectivity index (χ4n) is 3.14. The highest BCUT2D eigenvalue weighted by atomic mass is 32.2. The van der Waals surface area contributed by atoms with Crippen LogP contribution in [0.5, 0.6) is 0 Å². The molecule has 0 radical (unpaired) electrons. The lowest BCUT2D eigenvalue weighted by Gasteiger charge is -2.11. The predicted octanol–water partition coefficient (Wildman–Crippen LogP) is 4.68. The highest BCUT2D eigenvalue weighted by Crippen LogP contribution is 2.24. The topological polar surface area (TPSA) is 133 Å². The number of anilines is 2. The molecular weight excluding hydrogens is 456 g/mol. The van der Waals surface area contributed by atoms with Crippen LogP contribution < -0.4 is 10.6 Å². The van der Waals surface area contributed by atoms with Crippen molar-refractivity contribution in [2.45, 2.75) is 18.7 Å². The normalized spacial score (nSPS) is 10.4. The SMILES string of the molecule is Cc1cccc(NC(=O)CSc2cccc(NC(=O)c3ccc(C(=O)O)cc3C(=O)O)c2)c1C. The molecule has 0 aliphatic heterocycles. The minimum atomic E-state index is -1.41.